The van der Waals surface area contributed by atoms with Crippen LogP contribution in [-0.2, 0) is 19.8 Å². The molecule has 1 heterocycles. The Hall–Kier alpha value is -3.49. The molecule has 0 bridgehead atoms. The summed E-state index contributed by atoms with van der Waals surface area (Å²) in [7, 11) is 5.71. The highest BCUT2D eigenvalue weighted by Crippen LogP contribution is 2.33. The van der Waals surface area contributed by atoms with E-state index in [-0.39, 0.29) is 18.6 Å². The van der Waals surface area contributed by atoms with E-state index in [1.54, 1.807) is 9.58 Å². The minimum Gasteiger partial charge on any atom is -0.363 e. The van der Waals surface area contributed by atoms with Gasteiger partial charge < -0.3 is 15.1 Å². The number of nitrogens with one attached hydrogen (secondary N) is 1. The maximum absolute atomic E-state index is 13.3. The van der Waals surface area contributed by atoms with Gasteiger partial charge in [0, 0.05) is 44.0 Å². The second kappa shape index (κ2) is 10.2. The Labute approximate surface area is 198 Å². The third-order valence-electron chi connectivity index (χ3n) is 5.76. The van der Waals surface area contributed by atoms with Gasteiger partial charge in [0.25, 0.3) is 0 Å². The fraction of sp³-hybridized carbons (Fsp3) is 0.360. The predicted molar refractivity (Wildman–Crippen MR) is 129 cm³/mol. The number of carbonyl (C=O) groups excluding carboxylic acids is 1. The molecule has 6 nitrogen and oxygen atoms in total. The Morgan fingerprint density at radius 1 is 1.09 bits per heavy atom. The lowest BCUT2D eigenvalue weighted by Crippen LogP contribution is -2.41. The highest BCUT2D eigenvalue weighted by molar-refractivity contribution is 5.90. The number of anilines is 2. The molecule has 1 N–H and O–H groups in total. The van der Waals surface area contributed by atoms with Gasteiger partial charge in [-0.25, -0.2) is 4.79 Å². The Morgan fingerprint density at radius 3 is 2.24 bits per heavy atom. The normalized spacial score (nSPS) is 12.4. The molecule has 0 aliphatic carbocycles. The van der Waals surface area contributed by atoms with E-state index in [1.807, 2.05) is 70.2 Å². The summed E-state index contributed by atoms with van der Waals surface area (Å²) < 4.78 is 40.4. The summed E-state index contributed by atoms with van der Waals surface area (Å²) in [5, 5.41) is 7.48. The summed E-state index contributed by atoms with van der Waals surface area (Å²) in [5.74, 6) is 0.870. The van der Waals surface area contributed by atoms with Crippen molar-refractivity contribution >= 4 is 17.5 Å². The Morgan fingerprint density at radius 2 is 1.71 bits per heavy atom. The minimum absolute atomic E-state index is 0.117. The first-order valence-corrected chi connectivity index (χ1v) is 11.1. The number of carbonyl (C=O) groups is 1. The quantitative estimate of drug-likeness (QED) is 0.458. The summed E-state index contributed by atoms with van der Waals surface area (Å²) >= 11 is 0. The number of alkyl halides is 3. The van der Waals surface area contributed by atoms with Crippen LogP contribution in [-0.4, -0.2) is 40.8 Å². The lowest BCUT2D eigenvalue weighted by Gasteiger charge is -2.30. The Balaban J connectivity index is 1.95. The van der Waals surface area contributed by atoms with Crippen LogP contribution in [0.2, 0.25) is 0 Å². The summed E-state index contributed by atoms with van der Waals surface area (Å²) in [6, 6.07) is 13.7. The summed E-state index contributed by atoms with van der Waals surface area (Å²) in [6.07, 6.45) is -3.72. The number of aryl methyl sites for hydroxylation is 1. The molecule has 9 heteroatoms. The van der Waals surface area contributed by atoms with Crippen molar-refractivity contribution in [1.82, 2.24) is 14.7 Å². The maximum atomic E-state index is 13.3. The molecular weight excluding hydrogens is 443 g/mol. The molecule has 0 unspecified atom stereocenters. The zero-order valence-electron chi connectivity index (χ0n) is 20.0. The molecule has 0 fully saturated rings. The lowest BCUT2D eigenvalue weighted by molar-refractivity contribution is -0.137. The number of hydrogen-bond acceptors (Lipinski definition) is 3. The van der Waals surface area contributed by atoms with Gasteiger partial charge in [0.1, 0.15) is 5.82 Å². The van der Waals surface area contributed by atoms with Crippen molar-refractivity contribution in [1.29, 1.82) is 0 Å². The van der Waals surface area contributed by atoms with Crippen LogP contribution in [0.5, 0.6) is 0 Å². The number of amides is 2. The number of urea groups is 1. The molecule has 2 aromatic carbocycles. The van der Waals surface area contributed by atoms with Crippen molar-refractivity contribution < 1.29 is 18.0 Å². The van der Waals surface area contributed by atoms with Crippen molar-refractivity contribution in [2.75, 3.05) is 24.3 Å². The van der Waals surface area contributed by atoms with Crippen LogP contribution in [0.4, 0.5) is 29.5 Å². The first-order chi connectivity index (χ1) is 16.0. The zero-order chi connectivity index (χ0) is 25.0. The highest BCUT2D eigenvalue weighted by atomic mass is 19.4. The average Bonchev–Trinajstić information content (AvgIpc) is 3.13. The van der Waals surface area contributed by atoms with Crippen LogP contribution in [0.1, 0.15) is 31.4 Å². The van der Waals surface area contributed by atoms with Crippen LogP contribution in [0.15, 0.2) is 54.6 Å². The zero-order valence-corrected chi connectivity index (χ0v) is 20.0. The SMILES string of the molecule is CC[C@@H](C)N(Cc1c(-c2ccccc2)nn(C)c1N(C)C)C(=O)Nc1ccc(C(F)(F)F)cc1. The van der Waals surface area contributed by atoms with E-state index in [9.17, 15) is 18.0 Å². The van der Waals surface area contributed by atoms with E-state index < -0.39 is 11.7 Å². The van der Waals surface area contributed by atoms with E-state index in [2.05, 4.69) is 5.32 Å². The van der Waals surface area contributed by atoms with E-state index in [4.69, 9.17) is 5.10 Å². The van der Waals surface area contributed by atoms with Crippen LogP contribution in [0.25, 0.3) is 11.3 Å². The average molecular weight is 474 g/mol. The maximum Gasteiger partial charge on any atom is 0.416 e. The lowest BCUT2D eigenvalue weighted by atomic mass is 10.1. The summed E-state index contributed by atoms with van der Waals surface area (Å²) in [4.78, 5) is 16.9. The largest absolute Gasteiger partial charge is 0.416 e. The molecule has 34 heavy (non-hydrogen) atoms. The van der Waals surface area contributed by atoms with Gasteiger partial charge in [-0.3, -0.25) is 4.68 Å². The number of rotatable bonds is 7. The van der Waals surface area contributed by atoms with Crippen molar-refractivity contribution in [2.45, 2.75) is 39.0 Å². The molecule has 0 aliphatic heterocycles. The van der Waals surface area contributed by atoms with E-state index >= 15 is 0 Å². The monoisotopic (exact) mass is 473 g/mol. The second-order valence-electron chi connectivity index (χ2n) is 8.43. The van der Waals surface area contributed by atoms with Gasteiger partial charge in [0.15, 0.2) is 0 Å². The van der Waals surface area contributed by atoms with Gasteiger partial charge in [-0.05, 0) is 37.6 Å². The van der Waals surface area contributed by atoms with Gasteiger partial charge >= 0.3 is 12.2 Å². The van der Waals surface area contributed by atoms with Gasteiger partial charge in [-0.15, -0.1) is 0 Å². The molecule has 3 aromatic rings. The molecule has 2 amide bonds. The Bertz CT molecular complexity index is 1110. The molecule has 1 atom stereocenters. The fourth-order valence-corrected chi connectivity index (χ4v) is 3.85. The number of halogens is 3. The van der Waals surface area contributed by atoms with Crippen molar-refractivity contribution in [3.05, 3.63) is 65.7 Å². The molecule has 3 rings (SSSR count). The highest BCUT2D eigenvalue weighted by Gasteiger charge is 2.30. The summed E-state index contributed by atoms with van der Waals surface area (Å²) in [6.45, 7) is 4.21. The molecule has 182 valence electrons. The standard InChI is InChI=1S/C25H30F3N5O/c1-6-17(2)33(24(34)29-20-14-12-19(13-15-20)25(26,27)28)16-21-22(18-10-8-7-9-11-18)30-32(5)23(21)31(3)4/h7-15,17H,6,16H2,1-5H3,(H,29,34)/t17-/m1/s1. The molecule has 0 saturated carbocycles. The predicted octanol–water partition coefficient (Wildman–Crippen LogP) is 6.00. The summed E-state index contributed by atoms with van der Waals surface area (Å²) in [5.41, 5.74) is 2.15. The third-order valence-corrected chi connectivity index (χ3v) is 5.76. The van der Waals surface area contributed by atoms with Gasteiger partial charge in [-0.2, -0.15) is 18.3 Å². The Kier molecular flexibility index (Phi) is 7.54. The number of aromatic nitrogens is 2. The van der Waals surface area contributed by atoms with Crippen LogP contribution in [0, 0.1) is 0 Å². The minimum atomic E-state index is -4.43. The molecule has 0 saturated heterocycles. The number of benzene rings is 2. The fourth-order valence-electron chi connectivity index (χ4n) is 3.85. The van der Waals surface area contributed by atoms with E-state index in [0.29, 0.717) is 12.1 Å². The van der Waals surface area contributed by atoms with Crippen molar-refractivity contribution in [2.24, 2.45) is 7.05 Å². The van der Waals surface area contributed by atoms with Gasteiger partial charge in [0.05, 0.1) is 17.8 Å². The first-order valence-electron chi connectivity index (χ1n) is 11.1. The smallest absolute Gasteiger partial charge is 0.363 e. The van der Waals surface area contributed by atoms with Crippen LogP contribution >= 0.6 is 0 Å². The topological polar surface area (TPSA) is 53.4 Å². The third kappa shape index (κ3) is 5.52. The second-order valence-corrected chi connectivity index (χ2v) is 8.43. The number of hydrogen-bond donors (Lipinski definition) is 1. The molecular formula is C25H30F3N5O. The van der Waals surface area contributed by atoms with Crippen molar-refractivity contribution in [3.63, 3.8) is 0 Å². The van der Waals surface area contributed by atoms with E-state index in [1.165, 1.54) is 12.1 Å². The first kappa shape index (κ1) is 25.1. The van der Waals surface area contributed by atoms with Gasteiger partial charge in [-0.1, -0.05) is 37.3 Å². The van der Waals surface area contributed by atoms with E-state index in [0.717, 1.165) is 34.8 Å². The molecule has 0 radical (unpaired) electrons. The van der Waals surface area contributed by atoms with Crippen molar-refractivity contribution in [3.8, 4) is 11.3 Å². The number of nitrogens with zero attached hydrogens (tertiary/aromatic N) is 4. The molecule has 0 aliphatic rings. The van der Waals surface area contributed by atoms with Crippen LogP contribution < -0.4 is 10.2 Å². The van der Waals surface area contributed by atoms with Gasteiger partial charge in [0.2, 0.25) is 0 Å². The van der Waals surface area contributed by atoms with Crippen LogP contribution in [0.3, 0.4) is 0 Å². The molecule has 0 spiro atoms. The molecule has 1 aromatic heterocycles.